The molecule has 7 nitrogen and oxygen atoms in total. The maximum absolute atomic E-state index is 10.6. The molecule has 3 fully saturated rings. The van der Waals surface area contributed by atoms with Crippen LogP contribution >= 0.6 is 11.6 Å². The molecule has 0 amide bonds. The van der Waals surface area contributed by atoms with E-state index in [1.165, 1.54) is 0 Å². The molecule has 8 heteroatoms. The first-order valence-electron chi connectivity index (χ1n) is 12.0. The predicted molar refractivity (Wildman–Crippen MR) is 134 cm³/mol. The number of anilines is 2. The average molecular weight is 469 g/mol. The fourth-order valence-corrected chi connectivity index (χ4v) is 5.33. The first-order valence-corrected chi connectivity index (χ1v) is 12.3. The number of aliphatic hydroxyl groups excluding tert-OH is 1. The maximum Gasteiger partial charge on any atom is 0.243 e. The standard InChI is InChI=1S/C25H33ClN6O/c1-3-5-20(16-18(2)26)30-13-7-19(8-14-30)27-24-28-23-21(6-4-12-32(23)29-24)31-15-11-25(9-10-25)22(33)17-31/h3-6,12,16,19,22,33H,2,7-11,13-15,17H2,1H3,(H,27,29)/b5-3-,20-16+/t22-/m1/s1. The average Bonchev–Trinajstić information content (AvgIpc) is 3.46. The Morgan fingerprint density at radius 1 is 1.27 bits per heavy atom. The molecule has 2 aromatic heterocycles. The lowest BCUT2D eigenvalue weighted by molar-refractivity contribution is 0.0777. The van der Waals surface area contributed by atoms with E-state index in [1.807, 2.05) is 35.9 Å². The number of pyridine rings is 1. The number of fused-ring (bicyclic) bond motifs is 1. The predicted octanol–water partition coefficient (Wildman–Crippen LogP) is 4.17. The van der Waals surface area contributed by atoms with Crippen LogP contribution in [-0.4, -0.2) is 62.9 Å². The summed E-state index contributed by atoms with van der Waals surface area (Å²) >= 11 is 6.02. The molecule has 2 aromatic rings. The van der Waals surface area contributed by atoms with Gasteiger partial charge in [-0.05, 0) is 68.7 Å². The van der Waals surface area contributed by atoms with Crippen molar-refractivity contribution in [3.05, 3.63) is 53.9 Å². The number of hydrogen-bond donors (Lipinski definition) is 2. The first kappa shape index (κ1) is 22.3. The third kappa shape index (κ3) is 4.62. The summed E-state index contributed by atoms with van der Waals surface area (Å²) in [6.07, 6.45) is 13.1. The fraction of sp³-hybridized carbons (Fsp3) is 0.520. The van der Waals surface area contributed by atoms with E-state index in [2.05, 4.69) is 38.9 Å². The molecule has 33 heavy (non-hydrogen) atoms. The summed E-state index contributed by atoms with van der Waals surface area (Å²) in [4.78, 5) is 9.44. The summed E-state index contributed by atoms with van der Waals surface area (Å²) in [7, 11) is 0. The van der Waals surface area contributed by atoms with Crippen LogP contribution in [0.1, 0.15) is 39.0 Å². The van der Waals surface area contributed by atoms with E-state index in [4.69, 9.17) is 16.6 Å². The molecule has 5 rings (SSSR count). The normalized spacial score (nSPS) is 23.6. The minimum atomic E-state index is -0.255. The molecule has 0 bridgehead atoms. The molecule has 3 aliphatic rings. The summed E-state index contributed by atoms with van der Waals surface area (Å²) in [6.45, 7) is 9.31. The minimum Gasteiger partial charge on any atom is -0.391 e. The monoisotopic (exact) mass is 468 g/mol. The Hall–Kier alpha value is -2.51. The maximum atomic E-state index is 10.6. The van der Waals surface area contributed by atoms with Crippen LogP contribution in [0.2, 0.25) is 0 Å². The van der Waals surface area contributed by atoms with Crippen LogP contribution in [0.25, 0.3) is 5.65 Å². The highest BCUT2D eigenvalue weighted by atomic mass is 35.5. The number of β-amino-alcohol motifs (C(OH)–C–C–N with tert-alkyl or cyclic N) is 1. The van der Waals surface area contributed by atoms with E-state index < -0.39 is 0 Å². The molecule has 1 aliphatic carbocycles. The molecule has 0 unspecified atom stereocenters. The lowest BCUT2D eigenvalue weighted by Gasteiger charge is -2.37. The second-order valence-electron chi connectivity index (χ2n) is 9.59. The Labute approximate surface area is 200 Å². The first-order chi connectivity index (χ1) is 16.0. The Balaban J connectivity index is 1.25. The van der Waals surface area contributed by atoms with Crippen molar-refractivity contribution in [2.45, 2.75) is 51.2 Å². The van der Waals surface area contributed by atoms with Crippen LogP contribution in [0.15, 0.2) is 53.9 Å². The van der Waals surface area contributed by atoms with Gasteiger partial charge in [0.1, 0.15) is 0 Å². The van der Waals surface area contributed by atoms with Gasteiger partial charge in [-0.3, -0.25) is 0 Å². The topological polar surface area (TPSA) is 68.9 Å². The quantitative estimate of drug-likeness (QED) is 0.620. The Morgan fingerprint density at radius 2 is 2.06 bits per heavy atom. The van der Waals surface area contributed by atoms with E-state index >= 15 is 0 Å². The fourth-order valence-electron chi connectivity index (χ4n) is 5.22. The van der Waals surface area contributed by atoms with Gasteiger partial charge in [0.2, 0.25) is 5.95 Å². The molecule has 0 radical (unpaired) electrons. The molecular weight excluding hydrogens is 436 g/mol. The van der Waals surface area contributed by atoms with Crippen LogP contribution in [0.3, 0.4) is 0 Å². The van der Waals surface area contributed by atoms with Crippen molar-refractivity contribution < 1.29 is 5.11 Å². The molecule has 176 valence electrons. The molecule has 2 N–H and O–H groups in total. The van der Waals surface area contributed by atoms with Crippen LogP contribution in [0, 0.1) is 5.41 Å². The van der Waals surface area contributed by atoms with Gasteiger partial charge < -0.3 is 20.2 Å². The highest BCUT2D eigenvalue weighted by Gasteiger charge is 2.51. The number of rotatable bonds is 6. The SMILES string of the molecule is C=C(Cl)/C=C(\C=C/C)N1CCC(Nc2nc3c(N4CCC5(CC5)[C@H](O)C4)cccn3n2)CC1. The number of likely N-dealkylation sites (tertiary alicyclic amines) is 1. The number of hydrogen-bond acceptors (Lipinski definition) is 6. The van der Waals surface area contributed by atoms with Gasteiger partial charge in [-0.25, -0.2) is 4.52 Å². The van der Waals surface area contributed by atoms with Gasteiger partial charge >= 0.3 is 0 Å². The van der Waals surface area contributed by atoms with Gasteiger partial charge in [0.25, 0.3) is 0 Å². The zero-order valence-electron chi connectivity index (χ0n) is 19.3. The lowest BCUT2D eigenvalue weighted by Crippen LogP contribution is -2.45. The number of nitrogens with zero attached hydrogens (tertiary/aromatic N) is 5. The highest BCUT2D eigenvalue weighted by molar-refractivity contribution is 6.30. The summed E-state index contributed by atoms with van der Waals surface area (Å²) < 4.78 is 1.85. The second-order valence-corrected chi connectivity index (χ2v) is 10.1. The summed E-state index contributed by atoms with van der Waals surface area (Å²) in [5, 5.41) is 19.4. The van der Waals surface area contributed by atoms with Gasteiger partial charge in [-0.15, -0.1) is 5.10 Å². The van der Waals surface area contributed by atoms with Gasteiger partial charge in [0, 0.05) is 49.1 Å². The number of halogens is 1. The van der Waals surface area contributed by atoms with Crippen molar-refractivity contribution in [3.8, 4) is 0 Å². The smallest absolute Gasteiger partial charge is 0.243 e. The van der Waals surface area contributed by atoms with Crippen molar-refractivity contribution in [2.75, 3.05) is 36.4 Å². The molecule has 0 aromatic carbocycles. The lowest BCUT2D eigenvalue weighted by atomic mass is 9.90. The van der Waals surface area contributed by atoms with Crippen molar-refractivity contribution in [1.82, 2.24) is 19.5 Å². The zero-order chi connectivity index (χ0) is 23.0. The molecule has 1 spiro atoms. The van der Waals surface area contributed by atoms with E-state index in [1.54, 1.807) is 0 Å². The van der Waals surface area contributed by atoms with Crippen LogP contribution in [0.4, 0.5) is 11.6 Å². The Morgan fingerprint density at radius 3 is 2.73 bits per heavy atom. The summed E-state index contributed by atoms with van der Waals surface area (Å²) in [5.74, 6) is 0.662. The zero-order valence-corrected chi connectivity index (χ0v) is 20.0. The number of nitrogens with one attached hydrogen (secondary N) is 1. The van der Waals surface area contributed by atoms with E-state index in [-0.39, 0.29) is 11.5 Å². The number of allylic oxidation sites excluding steroid dienone is 4. The van der Waals surface area contributed by atoms with E-state index in [9.17, 15) is 5.11 Å². The highest BCUT2D eigenvalue weighted by Crippen LogP contribution is 2.54. The van der Waals surface area contributed by atoms with Crippen molar-refractivity contribution >= 4 is 28.9 Å². The second kappa shape index (κ2) is 9.03. The van der Waals surface area contributed by atoms with Crippen molar-refractivity contribution in [3.63, 3.8) is 0 Å². The van der Waals surface area contributed by atoms with Crippen LogP contribution < -0.4 is 10.2 Å². The summed E-state index contributed by atoms with van der Waals surface area (Å²) in [6, 6.07) is 4.41. The van der Waals surface area contributed by atoms with Gasteiger partial charge in [-0.1, -0.05) is 24.3 Å². The van der Waals surface area contributed by atoms with Crippen molar-refractivity contribution in [2.24, 2.45) is 5.41 Å². The largest absolute Gasteiger partial charge is 0.391 e. The van der Waals surface area contributed by atoms with E-state index in [0.29, 0.717) is 23.6 Å². The Kier molecular flexibility index (Phi) is 6.10. The molecular formula is C25H33ClN6O. The van der Waals surface area contributed by atoms with Crippen LogP contribution in [0.5, 0.6) is 0 Å². The third-order valence-electron chi connectivity index (χ3n) is 7.39. The number of piperidine rings is 2. The Bertz CT molecular complexity index is 1080. The van der Waals surface area contributed by atoms with Gasteiger partial charge in [0.05, 0.1) is 11.8 Å². The molecule has 1 atom stereocenters. The van der Waals surface area contributed by atoms with Gasteiger partial charge in [-0.2, -0.15) is 4.98 Å². The summed E-state index contributed by atoms with van der Waals surface area (Å²) in [5.41, 5.74) is 3.18. The molecule has 4 heterocycles. The number of aliphatic hydroxyl groups is 1. The van der Waals surface area contributed by atoms with E-state index in [0.717, 1.165) is 68.8 Å². The minimum absolute atomic E-state index is 0.190. The van der Waals surface area contributed by atoms with Crippen LogP contribution in [-0.2, 0) is 0 Å². The molecule has 2 aliphatic heterocycles. The molecule has 2 saturated heterocycles. The van der Waals surface area contributed by atoms with Crippen molar-refractivity contribution in [1.29, 1.82) is 0 Å². The molecule has 1 saturated carbocycles. The van der Waals surface area contributed by atoms with Gasteiger partial charge in [0.15, 0.2) is 5.65 Å². The third-order valence-corrected chi connectivity index (χ3v) is 7.50. The number of aromatic nitrogens is 3.